The van der Waals surface area contributed by atoms with Crippen LogP contribution < -0.4 is 5.56 Å². The summed E-state index contributed by atoms with van der Waals surface area (Å²) in [6.45, 7) is 1.16. The van der Waals surface area contributed by atoms with Crippen molar-refractivity contribution in [1.29, 1.82) is 0 Å². The lowest BCUT2D eigenvalue weighted by molar-refractivity contribution is -0.137. The van der Waals surface area contributed by atoms with Gasteiger partial charge >= 0.3 is 6.18 Å². The summed E-state index contributed by atoms with van der Waals surface area (Å²) in [4.78, 5) is 19.2. The molecule has 24 heavy (non-hydrogen) atoms. The first kappa shape index (κ1) is 15.2. The minimum atomic E-state index is -4.45. The molecular formula is C16H14F3N3O2. The molecule has 0 amide bonds. The van der Waals surface area contributed by atoms with Gasteiger partial charge in [0.25, 0.3) is 5.56 Å². The standard InChI is InChI=1S/C16H14F3N3O2/c17-16(18,19)10-1-2-11-12(7-10)22-13(15(23)21-11)8-20-14(22)9-3-5-24-6-4-9/h1-2,7-9H,3-6H2,(H,21,23). The lowest BCUT2D eigenvalue weighted by Crippen LogP contribution is -2.18. The zero-order chi connectivity index (χ0) is 16.9. The minimum Gasteiger partial charge on any atom is -0.381 e. The summed E-state index contributed by atoms with van der Waals surface area (Å²) in [5.41, 5.74) is -0.211. The Morgan fingerprint density at radius 3 is 2.67 bits per heavy atom. The normalized spacial score (nSPS) is 17.0. The molecule has 3 heterocycles. The van der Waals surface area contributed by atoms with E-state index in [0.717, 1.165) is 25.0 Å². The van der Waals surface area contributed by atoms with Gasteiger partial charge in [0.2, 0.25) is 0 Å². The van der Waals surface area contributed by atoms with Crippen molar-refractivity contribution in [1.82, 2.24) is 14.4 Å². The third-order valence-corrected chi connectivity index (χ3v) is 4.42. The number of hydrogen-bond donors (Lipinski definition) is 1. The number of H-pyrrole nitrogens is 1. The van der Waals surface area contributed by atoms with Gasteiger partial charge in [0.05, 0.1) is 22.8 Å². The van der Waals surface area contributed by atoms with Gasteiger partial charge in [-0.15, -0.1) is 0 Å². The third kappa shape index (κ3) is 2.37. The summed E-state index contributed by atoms with van der Waals surface area (Å²) >= 11 is 0. The van der Waals surface area contributed by atoms with Crippen LogP contribution in [0.3, 0.4) is 0 Å². The lowest BCUT2D eigenvalue weighted by atomic mass is 9.99. The fourth-order valence-corrected chi connectivity index (χ4v) is 3.21. The number of nitrogens with one attached hydrogen (secondary N) is 1. The van der Waals surface area contributed by atoms with Gasteiger partial charge in [-0.05, 0) is 31.0 Å². The molecule has 0 saturated carbocycles. The maximum absolute atomic E-state index is 13.1. The Morgan fingerprint density at radius 2 is 1.96 bits per heavy atom. The SMILES string of the molecule is O=c1[nH]c2ccc(C(F)(F)F)cc2n2c(C3CCOCC3)ncc12. The molecule has 0 radical (unpaired) electrons. The molecule has 3 aromatic rings. The molecule has 0 atom stereocenters. The fourth-order valence-electron chi connectivity index (χ4n) is 3.21. The highest BCUT2D eigenvalue weighted by molar-refractivity contribution is 5.79. The molecule has 5 nitrogen and oxygen atoms in total. The Labute approximate surface area is 134 Å². The monoisotopic (exact) mass is 337 g/mol. The molecule has 4 rings (SSSR count). The first-order valence-electron chi connectivity index (χ1n) is 7.63. The van der Waals surface area contributed by atoms with Gasteiger partial charge in [0, 0.05) is 19.1 Å². The van der Waals surface area contributed by atoms with Crippen molar-refractivity contribution in [2.45, 2.75) is 24.9 Å². The number of alkyl halides is 3. The number of rotatable bonds is 1. The summed E-state index contributed by atoms with van der Waals surface area (Å²) in [5.74, 6) is 0.671. The van der Waals surface area contributed by atoms with Gasteiger partial charge in [-0.3, -0.25) is 9.20 Å². The number of halogens is 3. The third-order valence-electron chi connectivity index (χ3n) is 4.42. The number of imidazole rings is 1. The van der Waals surface area contributed by atoms with Crippen LogP contribution in [0.25, 0.3) is 16.6 Å². The van der Waals surface area contributed by atoms with Crippen LogP contribution >= 0.6 is 0 Å². The molecule has 0 spiro atoms. The number of hydrogen-bond acceptors (Lipinski definition) is 3. The predicted molar refractivity (Wildman–Crippen MR) is 81.1 cm³/mol. The second-order valence-corrected chi connectivity index (χ2v) is 5.91. The van der Waals surface area contributed by atoms with Crippen LogP contribution in [0.1, 0.15) is 30.1 Å². The summed E-state index contributed by atoms with van der Waals surface area (Å²) in [7, 11) is 0. The molecule has 1 aromatic carbocycles. The first-order valence-corrected chi connectivity index (χ1v) is 7.63. The highest BCUT2D eigenvalue weighted by Gasteiger charge is 2.31. The average Bonchev–Trinajstić information content (AvgIpc) is 3.00. The number of ether oxygens (including phenoxy) is 1. The molecule has 1 saturated heterocycles. The summed E-state index contributed by atoms with van der Waals surface area (Å²) in [5, 5.41) is 0. The fraction of sp³-hybridized carbons (Fsp3) is 0.375. The number of fused-ring (bicyclic) bond motifs is 3. The van der Waals surface area contributed by atoms with Crippen LogP contribution in [0.15, 0.2) is 29.2 Å². The van der Waals surface area contributed by atoms with E-state index in [1.807, 2.05) is 0 Å². The smallest absolute Gasteiger partial charge is 0.381 e. The summed E-state index contributed by atoms with van der Waals surface area (Å²) in [6.07, 6.45) is -1.57. The Bertz CT molecular complexity index is 968. The Kier molecular flexibility index (Phi) is 3.38. The predicted octanol–water partition coefficient (Wildman–Crippen LogP) is 3.09. The maximum atomic E-state index is 13.1. The van der Waals surface area contributed by atoms with Gasteiger partial charge < -0.3 is 9.72 Å². The van der Waals surface area contributed by atoms with Gasteiger partial charge in [-0.25, -0.2) is 4.98 Å². The van der Waals surface area contributed by atoms with Crippen LogP contribution in [0.5, 0.6) is 0 Å². The number of aromatic nitrogens is 3. The van der Waals surface area contributed by atoms with E-state index < -0.39 is 11.7 Å². The van der Waals surface area contributed by atoms with Gasteiger partial charge in [-0.2, -0.15) is 13.2 Å². The van der Waals surface area contributed by atoms with E-state index in [0.29, 0.717) is 30.1 Å². The molecule has 1 aliphatic rings. The van der Waals surface area contributed by atoms with Crippen molar-refractivity contribution in [3.63, 3.8) is 0 Å². The van der Waals surface area contributed by atoms with E-state index >= 15 is 0 Å². The zero-order valence-electron chi connectivity index (χ0n) is 12.6. The largest absolute Gasteiger partial charge is 0.416 e. The number of benzene rings is 1. The zero-order valence-corrected chi connectivity index (χ0v) is 12.6. The van der Waals surface area contributed by atoms with Crippen LogP contribution in [0.2, 0.25) is 0 Å². The topological polar surface area (TPSA) is 59.4 Å². The number of aromatic amines is 1. The van der Waals surface area contributed by atoms with Crippen molar-refractivity contribution in [2.24, 2.45) is 0 Å². The molecule has 2 aromatic heterocycles. The van der Waals surface area contributed by atoms with E-state index in [2.05, 4.69) is 9.97 Å². The lowest BCUT2D eigenvalue weighted by Gasteiger charge is -2.21. The second kappa shape index (κ2) is 5.34. The van der Waals surface area contributed by atoms with E-state index in [1.54, 1.807) is 4.40 Å². The first-order chi connectivity index (χ1) is 11.4. The van der Waals surface area contributed by atoms with Crippen molar-refractivity contribution < 1.29 is 17.9 Å². The van der Waals surface area contributed by atoms with Crippen molar-refractivity contribution in [2.75, 3.05) is 13.2 Å². The molecule has 1 aliphatic heterocycles. The average molecular weight is 337 g/mol. The van der Waals surface area contributed by atoms with Crippen molar-refractivity contribution in [3.05, 3.63) is 46.1 Å². The molecule has 0 aliphatic carbocycles. The van der Waals surface area contributed by atoms with Gasteiger partial charge in [0.15, 0.2) is 0 Å². The van der Waals surface area contributed by atoms with E-state index in [1.165, 1.54) is 12.3 Å². The molecule has 1 fully saturated rings. The maximum Gasteiger partial charge on any atom is 0.416 e. The molecule has 126 valence electrons. The van der Waals surface area contributed by atoms with Crippen LogP contribution in [0, 0.1) is 0 Å². The van der Waals surface area contributed by atoms with Gasteiger partial charge in [0.1, 0.15) is 11.3 Å². The second-order valence-electron chi connectivity index (χ2n) is 5.91. The summed E-state index contributed by atoms with van der Waals surface area (Å²) in [6, 6.07) is 3.31. The van der Waals surface area contributed by atoms with Crippen molar-refractivity contribution in [3.8, 4) is 0 Å². The van der Waals surface area contributed by atoms with Crippen LogP contribution in [-0.2, 0) is 10.9 Å². The number of nitrogens with zero attached hydrogens (tertiary/aromatic N) is 2. The summed E-state index contributed by atoms with van der Waals surface area (Å²) < 4.78 is 46.1. The quantitative estimate of drug-likeness (QED) is 0.742. The molecule has 0 unspecified atom stereocenters. The molecule has 8 heteroatoms. The minimum absolute atomic E-state index is 0.0563. The van der Waals surface area contributed by atoms with E-state index in [9.17, 15) is 18.0 Å². The van der Waals surface area contributed by atoms with Gasteiger partial charge in [-0.1, -0.05) is 0 Å². The Hall–Kier alpha value is -2.35. The molecule has 0 bridgehead atoms. The van der Waals surface area contributed by atoms with Crippen molar-refractivity contribution >= 4 is 16.6 Å². The molecule has 1 N–H and O–H groups in total. The Morgan fingerprint density at radius 1 is 1.21 bits per heavy atom. The van der Waals surface area contributed by atoms with E-state index in [-0.39, 0.29) is 17.0 Å². The van der Waals surface area contributed by atoms with E-state index in [4.69, 9.17) is 4.74 Å². The Balaban J connectivity index is 2.02. The molecular weight excluding hydrogens is 323 g/mol. The van der Waals surface area contributed by atoms with Crippen LogP contribution in [-0.4, -0.2) is 27.6 Å². The highest BCUT2D eigenvalue weighted by atomic mass is 19.4. The highest BCUT2D eigenvalue weighted by Crippen LogP contribution is 2.32. The van der Waals surface area contributed by atoms with Crippen LogP contribution in [0.4, 0.5) is 13.2 Å².